The first-order chi connectivity index (χ1) is 16.9. The Morgan fingerprint density at radius 3 is 2.34 bits per heavy atom. The first-order valence-electron chi connectivity index (χ1n) is 11.9. The van der Waals surface area contributed by atoms with Crippen molar-refractivity contribution in [3.63, 3.8) is 0 Å². The van der Waals surface area contributed by atoms with Gasteiger partial charge in [-0.1, -0.05) is 6.92 Å². The summed E-state index contributed by atoms with van der Waals surface area (Å²) in [6.07, 6.45) is 1.87. The third kappa shape index (κ3) is 5.72. The Morgan fingerprint density at radius 1 is 1.00 bits per heavy atom. The summed E-state index contributed by atoms with van der Waals surface area (Å²) >= 11 is 0. The molecule has 8 nitrogen and oxygen atoms in total. The lowest BCUT2D eigenvalue weighted by molar-refractivity contribution is -0.125. The molecule has 0 spiro atoms. The van der Waals surface area contributed by atoms with E-state index in [0.29, 0.717) is 43.0 Å². The van der Waals surface area contributed by atoms with Gasteiger partial charge in [0.05, 0.1) is 0 Å². The van der Waals surface area contributed by atoms with Crippen LogP contribution in [-0.2, 0) is 4.79 Å². The van der Waals surface area contributed by atoms with Gasteiger partial charge in [-0.25, -0.2) is 4.39 Å². The Hall–Kier alpha value is -3.62. The van der Waals surface area contributed by atoms with E-state index in [9.17, 15) is 18.8 Å². The summed E-state index contributed by atoms with van der Waals surface area (Å²) < 4.78 is 23.9. The second kappa shape index (κ2) is 10.8. The van der Waals surface area contributed by atoms with Crippen molar-refractivity contribution < 1.29 is 28.2 Å². The molecule has 1 saturated heterocycles. The van der Waals surface area contributed by atoms with E-state index in [0.717, 1.165) is 6.42 Å². The average Bonchev–Trinajstić information content (AvgIpc) is 3.35. The Morgan fingerprint density at radius 2 is 1.66 bits per heavy atom. The van der Waals surface area contributed by atoms with Crippen LogP contribution in [0.3, 0.4) is 0 Å². The molecule has 1 fully saturated rings. The molecule has 0 bridgehead atoms. The van der Waals surface area contributed by atoms with Crippen LogP contribution < -0.4 is 20.1 Å². The SMILES string of the molecule is CCC(C)NC(=O)C(NC(=O)c1ccc(F)cc1)C1CCN(C(=O)c2ccc3c(c2)OCO3)CC1. The predicted molar refractivity (Wildman–Crippen MR) is 127 cm³/mol. The molecular weight excluding hydrogens is 453 g/mol. The number of hydrogen-bond donors (Lipinski definition) is 2. The fraction of sp³-hybridized carbons (Fsp3) is 0.423. The van der Waals surface area contributed by atoms with Gasteiger partial charge in [-0.05, 0) is 74.6 Å². The minimum Gasteiger partial charge on any atom is -0.454 e. The van der Waals surface area contributed by atoms with Crippen molar-refractivity contribution in [3.05, 3.63) is 59.4 Å². The van der Waals surface area contributed by atoms with Crippen molar-refractivity contribution in [3.8, 4) is 11.5 Å². The topological polar surface area (TPSA) is 97.0 Å². The van der Waals surface area contributed by atoms with Crippen molar-refractivity contribution in [2.24, 2.45) is 5.92 Å². The van der Waals surface area contributed by atoms with Gasteiger partial charge in [0.25, 0.3) is 11.8 Å². The highest BCUT2D eigenvalue weighted by atomic mass is 19.1. The number of nitrogens with zero attached hydrogens (tertiary/aromatic N) is 1. The summed E-state index contributed by atoms with van der Waals surface area (Å²) in [5.74, 6) is -0.221. The second-order valence-electron chi connectivity index (χ2n) is 8.97. The maximum atomic E-state index is 13.3. The summed E-state index contributed by atoms with van der Waals surface area (Å²) in [5.41, 5.74) is 0.798. The molecule has 35 heavy (non-hydrogen) atoms. The molecule has 2 unspecified atom stereocenters. The maximum Gasteiger partial charge on any atom is 0.253 e. The molecule has 2 N–H and O–H groups in total. The number of nitrogens with one attached hydrogen (secondary N) is 2. The van der Waals surface area contributed by atoms with Gasteiger partial charge in [-0.2, -0.15) is 0 Å². The Kier molecular flexibility index (Phi) is 7.53. The quantitative estimate of drug-likeness (QED) is 0.631. The number of benzene rings is 2. The number of hydrogen-bond acceptors (Lipinski definition) is 5. The van der Waals surface area contributed by atoms with Gasteiger partial charge in [0.1, 0.15) is 11.9 Å². The van der Waals surface area contributed by atoms with E-state index in [1.807, 2.05) is 13.8 Å². The number of rotatable bonds is 7. The fourth-order valence-electron chi connectivity index (χ4n) is 4.31. The molecule has 2 heterocycles. The zero-order valence-electron chi connectivity index (χ0n) is 19.9. The van der Waals surface area contributed by atoms with Crippen molar-refractivity contribution in [1.29, 1.82) is 0 Å². The van der Waals surface area contributed by atoms with E-state index >= 15 is 0 Å². The molecule has 0 saturated carbocycles. The molecule has 2 atom stereocenters. The lowest BCUT2D eigenvalue weighted by atomic mass is 9.88. The van der Waals surface area contributed by atoms with E-state index in [-0.39, 0.29) is 36.1 Å². The summed E-state index contributed by atoms with van der Waals surface area (Å²) in [6, 6.07) is 9.52. The van der Waals surface area contributed by atoms with Crippen LogP contribution in [-0.4, -0.2) is 54.6 Å². The third-order valence-electron chi connectivity index (χ3n) is 6.59. The van der Waals surface area contributed by atoms with Crippen LogP contribution in [0.4, 0.5) is 4.39 Å². The zero-order valence-corrected chi connectivity index (χ0v) is 19.9. The van der Waals surface area contributed by atoms with Crippen LogP contribution in [0.5, 0.6) is 11.5 Å². The predicted octanol–water partition coefficient (Wildman–Crippen LogP) is 3.12. The van der Waals surface area contributed by atoms with E-state index in [4.69, 9.17) is 9.47 Å². The van der Waals surface area contributed by atoms with Crippen molar-refractivity contribution in [2.75, 3.05) is 19.9 Å². The fourth-order valence-corrected chi connectivity index (χ4v) is 4.31. The smallest absolute Gasteiger partial charge is 0.253 e. The molecule has 9 heteroatoms. The van der Waals surface area contributed by atoms with Crippen molar-refractivity contribution >= 4 is 17.7 Å². The van der Waals surface area contributed by atoms with Crippen LogP contribution in [0.15, 0.2) is 42.5 Å². The highest BCUT2D eigenvalue weighted by molar-refractivity contribution is 5.98. The van der Waals surface area contributed by atoms with Gasteiger partial charge in [-0.15, -0.1) is 0 Å². The van der Waals surface area contributed by atoms with Crippen LogP contribution in [0, 0.1) is 11.7 Å². The largest absolute Gasteiger partial charge is 0.454 e. The standard InChI is InChI=1S/C26H30FN3O5/c1-3-16(2)28-25(32)23(29-24(31)18-4-7-20(27)8-5-18)17-10-12-30(13-11-17)26(33)19-6-9-21-22(14-19)35-15-34-21/h4-9,14,16-17,23H,3,10-13,15H2,1-2H3,(H,28,32)(H,29,31). The number of fused-ring (bicyclic) bond motifs is 1. The molecular formula is C26H30FN3O5. The molecule has 0 radical (unpaired) electrons. The Balaban J connectivity index is 1.43. The highest BCUT2D eigenvalue weighted by Crippen LogP contribution is 2.33. The number of carbonyl (C=O) groups excluding carboxylic acids is 3. The van der Waals surface area contributed by atoms with Gasteiger partial charge >= 0.3 is 0 Å². The molecule has 2 aliphatic rings. The van der Waals surface area contributed by atoms with Gasteiger partial charge in [0.15, 0.2) is 11.5 Å². The zero-order chi connectivity index (χ0) is 24.9. The van der Waals surface area contributed by atoms with Gasteiger partial charge in [0, 0.05) is 30.3 Å². The number of piperidine rings is 1. The van der Waals surface area contributed by atoms with E-state index < -0.39 is 17.8 Å². The lowest BCUT2D eigenvalue weighted by Gasteiger charge is -2.36. The molecule has 2 aliphatic heterocycles. The number of ether oxygens (including phenoxy) is 2. The summed E-state index contributed by atoms with van der Waals surface area (Å²) in [7, 11) is 0. The van der Waals surface area contributed by atoms with Crippen LogP contribution in [0.1, 0.15) is 53.8 Å². The summed E-state index contributed by atoms with van der Waals surface area (Å²) in [5, 5.41) is 5.81. The lowest BCUT2D eigenvalue weighted by Crippen LogP contribution is -2.55. The monoisotopic (exact) mass is 483 g/mol. The number of carbonyl (C=O) groups is 3. The van der Waals surface area contributed by atoms with Crippen LogP contribution in [0.25, 0.3) is 0 Å². The second-order valence-corrected chi connectivity index (χ2v) is 8.97. The average molecular weight is 484 g/mol. The van der Waals surface area contributed by atoms with E-state index in [1.165, 1.54) is 24.3 Å². The minimum atomic E-state index is -0.760. The van der Waals surface area contributed by atoms with Crippen LogP contribution in [0.2, 0.25) is 0 Å². The molecule has 2 aromatic rings. The maximum absolute atomic E-state index is 13.3. The highest BCUT2D eigenvalue weighted by Gasteiger charge is 2.35. The van der Waals surface area contributed by atoms with Crippen molar-refractivity contribution in [2.45, 2.75) is 45.2 Å². The molecule has 0 aromatic heterocycles. The number of likely N-dealkylation sites (tertiary alicyclic amines) is 1. The molecule has 4 rings (SSSR count). The molecule has 2 aromatic carbocycles. The number of amides is 3. The summed E-state index contributed by atoms with van der Waals surface area (Å²) in [6.45, 7) is 4.93. The number of halogens is 1. The van der Waals surface area contributed by atoms with Gasteiger partial charge in [-0.3, -0.25) is 14.4 Å². The molecule has 186 valence electrons. The summed E-state index contributed by atoms with van der Waals surface area (Å²) in [4.78, 5) is 40.7. The Bertz CT molecular complexity index is 1080. The van der Waals surface area contributed by atoms with Crippen molar-refractivity contribution in [1.82, 2.24) is 15.5 Å². The Labute approximate surface area is 203 Å². The normalized spacial score (nSPS) is 16.9. The van der Waals surface area contributed by atoms with E-state index in [2.05, 4.69) is 10.6 Å². The van der Waals surface area contributed by atoms with Crippen LogP contribution >= 0.6 is 0 Å². The molecule has 3 amide bonds. The first kappa shape index (κ1) is 24.5. The van der Waals surface area contributed by atoms with E-state index in [1.54, 1.807) is 23.1 Å². The van der Waals surface area contributed by atoms with Gasteiger partial charge < -0.3 is 25.0 Å². The first-order valence-corrected chi connectivity index (χ1v) is 11.9. The van der Waals surface area contributed by atoms with Gasteiger partial charge in [0.2, 0.25) is 12.7 Å². The minimum absolute atomic E-state index is 0.0413. The molecule has 0 aliphatic carbocycles. The third-order valence-corrected chi connectivity index (χ3v) is 6.59.